The zero-order chi connectivity index (χ0) is 18.9. The van der Waals surface area contributed by atoms with Crippen LogP contribution in [-0.2, 0) is 6.61 Å². The Bertz CT molecular complexity index is 924. The van der Waals surface area contributed by atoms with Gasteiger partial charge in [-0.05, 0) is 36.2 Å². The van der Waals surface area contributed by atoms with Crippen LogP contribution in [0.4, 0.5) is 10.5 Å². The summed E-state index contributed by atoms with van der Waals surface area (Å²) in [7, 11) is 0. The number of aryl methyl sites for hydroxylation is 1. The van der Waals surface area contributed by atoms with Crippen LogP contribution in [0.5, 0.6) is 5.75 Å². The molecule has 2 amide bonds. The van der Waals surface area contributed by atoms with Crippen molar-refractivity contribution in [2.24, 2.45) is 5.10 Å². The maximum atomic E-state index is 12.0. The Labute approximate surface area is 158 Å². The Hall–Kier alpha value is -3.60. The van der Waals surface area contributed by atoms with Gasteiger partial charge >= 0.3 is 6.03 Å². The maximum absolute atomic E-state index is 12.0. The second-order valence-electron chi connectivity index (χ2n) is 5.95. The average molecular weight is 359 g/mol. The van der Waals surface area contributed by atoms with Gasteiger partial charge in [0.05, 0.1) is 6.21 Å². The summed E-state index contributed by atoms with van der Waals surface area (Å²) in [6.07, 6.45) is 1.57. The van der Waals surface area contributed by atoms with Gasteiger partial charge in [0.25, 0.3) is 0 Å². The molecular formula is C22H21N3O2. The average Bonchev–Trinajstić information content (AvgIpc) is 2.70. The number of anilines is 1. The number of rotatable bonds is 6. The lowest BCUT2D eigenvalue weighted by atomic mass is 10.2. The Kier molecular flexibility index (Phi) is 6.20. The van der Waals surface area contributed by atoms with Crippen molar-refractivity contribution in [2.75, 3.05) is 5.32 Å². The molecule has 0 heterocycles. The quantitative estimate of drug-likeness (QED) is 0.494. The molecule has 0 aromatic heterocycles. The highest BCUT2D eigenvalue weighted by molar-refractivity contribution is 5.91. The van der Waals surface area contributed by atoms with Gasteiger partial charge in [0, 0.05) is 11.3 Å². The predicted molar refractivity (Wildman–Crippen MR) is 108 cm³/mol. The third kappa shape index (κ3) is 5.44. The monoisotopic (exact) mass is 359 g/mol. The van der Waals surface area contributed by atoms with E-state index in [1.54, 1.807) is 6.21 Å². The van der Waals surface area contributed by atoms with Crippen molar-refractivity contribution in [2.45, 2.75) is 13.5 Å². The number of para-hydroxylation sites is 2. The lowest BCUT2D eigenvalue weighted by molar-refractivity contribution is 0.252. The topological polar surface area (TPSA) is 62.7 Å². The third-order valence-electron chi connectivity index (χ3n) is 3.92. The van der Waals surface area contributed by atoms with Crippen LogP contribution in [0.2, 0.25) is 0 Å². The van der Waals surface area contributed by atoms with E-state index >= 15 is 0 Å². The SMILES string of the molecule is Cc1ccccc1NC(=O)NN=Cc1ccccc1OCc1ccccc1. The Morgan fingerprint density at radius 3 is 2.48 bits per heavy atom. The number of hydrazone groups is 1. The number of carbonyl (C=O) groups excluding carboxylic acids is 1. The lowest BCUT2D eigenvalue weighted by Crippen LogP contribution is -2.24. The minimum Gasteiger partial charge on any atom is -0.488 e. The van der Waals surface area contributed by atoms with Crippen molar-refractivity contribution in [1.29, 1.82) is 0 Å². The summed E-state index contributed by atoms with van der Waals surface area (Å²) in [5.41, 5.74) is 6.07. The van der Waals surface area contributed by atoms with Gasteiger partial charge in [0.15, 0.2) is 0 Å². The van der Waals surface area contributed by atoms with Gasteiger partial charge in [0.1, 0.15) is 12.4 Å². The van der Waals surface area contributed by atoms with Gasteiger partial charge in [-0.3, -0.25) is 0 Å². The highest BCUT2D eigenvalue weighted by Gasteiger charge is 2.04. The van der Waals surface area contributed by atoms with Gasteiger partial charge < -0.3 is 10.1 Å². The second-order valence-corrected chi connectivity index (χ2v) is 5.95. The fourth-order valence-corrected chi connectivity index (χ4v) is 2.48. The summed E-state index contributed by atoms with van der Waals surface area (Å²) in [4.78, 5) is 12.0. The molecule has 0 aliphatic carbocycles. The summed E-state index contributed by atoms with van der Waals surface area (Å²) in [5, 5.41) is 6.78. The molecule has 2 N–H and O–H groups in total. The molecular weight excluding hydrogens is 338 g/mol. The first-order chi connectivity index (χ1) is 13.2. The Balaban J connectivity index is 1.58. The first kappa shape index (κ1) is 18.2. The number of carbonyl (C=O) groups is 1. The van der Waals surface area contributed by atoms with Gasteiger partial charge in [0.2, 0.25) is 0 Å². The first-order valence-electron chi connectivity index (χ1n) is 8.64. The van der Waals surface area contributed by atoms with E-state index in [1.165, 1.54) is 0 Å². The van der Waals surface area contributed by atoms with E-state index in [4.69, 9.17) is 4.74 Å². The molecule has 0 atom stereocenters. The Morgan fingerprint density at radius 2 is 1.67 bits per heavy atom. The fraction of sp³-hybridized carbons (Fsp3) is 0.0909. The summed E-state index contributed by atoms with van der Waals surface area (Å²) < 4.78 is 5.87. The van der Waals surface area contributed by atoms with E-state index < -0.39 is 6.03 Å². The highest BCUT2D eigenvalue weighted by Crippen LogP contribution is 2.17. The fourth-order valence-electron chi connectivity index (χ4n) is 2.48. The van der Waals surface area contributed by atoms with Crippen molar-refractivity contribution in [3.63, 3.8) is 0 Å². The normalized spacial score (nSPS) is 10.6. The molecule has 5 nitrogen and oxygen atoms in total. The van der Waals surface area contributed by atoms with Gasteiger partial charge in [-0.15, -0.1) is 0 Å². The standard InChI is InChI=1S/C22H21N3O2/c1-17-9-5-7-13-20(17)24-22(26)25-23-15-19-12-6-8-14-21(19)27-16-18-10-3-2-4-11-18/h2-15H,16H2,1H3,(H2,24,25,26). The molecule has 136 valence electrons. The van der Waals surface area contributed by atoms with Crippen molar-refractivity contribution >= 4 is 17.9 Å². The molecule has 0 saturated heterocycles. The number of benzene rings is 3. The predicted octanol–water partition coefficient (Wildman–Crippen LogP) is 4.73. The second kappa shape index (κ2) is 9.20. The van der Waals surface area contributed by atoms with Crippen molar-refractivity contribution in [1.82, 2.24) is 5.43 Å². The first-order valence-corrected chi connectivity index (χ1v) is 8.64. The van der Waals surface area contributed by atoms with Crippen LogP contribution in [0.15, 0.2) is 84.0 Å². The molecule has 3 rings (SSSR count). The lowest BCUT2D eigenvalue weighted by Gasteiger charge is -2.09. The summed E-state index contributed by atoms with van der Waals surface area (Å²) >= 11 is 0. The van der Waals surface area contributed by atoms with Crippen LogP contribution < -0.4 is 15.5 Å². The van der Waals surface area contributed by atoms with Gasteiger partial charge in [-0.25, -0.2) is 10.2 Å². The molecule has 3 aromatic carbocycles. The largest absolute Gasteiger partial charge is 0.488 e. The minimum absolute atomic E-state index is 0.400. The van der Waals surface area contributed by atoms with Crippen molar-refractivity contribution in [3.8, 4) is 5.75 Å². The van der Waals surface area contributed by atoms with Crippen LogP contribution >= 0.6 is 0 Å². The molecule has 0 aliphatic heterocycles. The van der Waals surface area contributed by atoms with E-state index in [1.807, 2.05) is 85.8 Å². The smallest absolute Gasteiger partial charge is 0.339 e. The van der Waals surface area contributed by atoms with Crippen LogP contribution in [0.25, 0.3) is 0 Å². The molecule has 0 bridgehead atoms. The van der Waals surface area contributed by atoms with Crippen molar-refractivity contribution < 1.29 is 9.53 Å². The van der Waals surface area contributed by atoms with Crippen molar-refractivity contribution in [3.05, 3.63) is 95.6 Å². The van der Waals surface area contributed by atoms with E-state index in [2.05, 4.69) is 15.8 Å². The number of nitrogens with zero attached hydrogens (tertiary/aromatic N) is 1. The van der Waals surface area contributed by atoms with Crippen LogP contribution in [0.1, 0.15) is 16.7 Å². The molecule has 0 spiro atoms. The molecule has 0 unspecified atom stereocenters. The third-order valence-corrected chi connectivity index (χ3v) is 3.92. The minimum atomic E-state index is -0.400. The molecule has 0 aliphatic rings. The molecule has 0 saturated carbocycles. The van der Waals surface area contributed by atoms with Gasteiger partial charge in [-0.2, -0.15) is 5.10 Å². The zero-order valence-electron chi connectivity index (χ0n) is 15.1. The van der Waals surface area contributed by atoms with Crippen LogP contribution in [0.3, 0.4) is 0 Å². The number of hydrogen-bond donors (Lipinski definition) is 2. The molecule has 0 fully saturated rings. The molecule has 3 aromatic rings. The number of amides is 2. The zero-order valence-corrected chi connectivity index (χ0v) is 15.1. The molecule has 5 heteroatoms. The molecule has 27 heavy (non-hydrogen) atoms. The number of hydrogen-bond acceptors (Lipinski definition) is 3. The van der Waals surface area contributed by atoms with E-state index in [9.17, 15) is 4.79 Å². The maximum Gasteiger partial charge on any atom is 0.339 e. The van der Waals surface area contributed by atoms with E-state index in [-0.39, 0.29) is 0 Å². The Morgan fingerprint density at radius 1 is 0.963 bits per heavy atom. The number of ether oxygens (including phenoxy) is 1. The van der Waals surface area contributed by atoms with Gasteiger partial charge in [-0.1, -0.05) is 60.7 Å². The van der Waals surface area contributed by atoms with Crippen LogP contribution in [-0.4, -0.2) is 12.2 Å². The van der Waals surface area contributed by atoms with E-state index in [0.29, 0.717) is 12.4 Å². The summed E-state index contributed by atoms with van der Waals surface area (Å²) in [5.74, 6) is 0.700. The summed E-state index contributed by atoms with van der Waals surface area (Å²) in [6, 6.07) is 24.6. The number of nitrogens with one attached hydrogen (secondary N) is 2. The molecule has 0 radical (unpaired) electrons. The highest BCUT2D eigenvalue weighted by atomic mass is 16.5. The van der Waals surface area contributed by atoms with E-state index in [0.717, 1.165) is 22.4 Å². The van der Waals surface area contributed by atoms with Crippen LogP contribution in [0, 0.1) is 6.92 Å². The summed E-state index contributed by atoms with van der Waals surface area (Å²) in [6.45, 7) is 2.39. The number of urea groups is 1.